The van der Waals surface area contributed by atoms with Crippen molar-refractivity contribution in [1.29, 1.82) is 0 Å². The molecule has 1 amide bonds. The second-order valence-electron chi connectivity index (χ2n) is 6.84. The molecule has 31 heavy (non-hydrogen) atoms. The Morgan fingerprint density at radius 1 is 0.935 bits per heavy atom. The number of nitrogens with zero attached hydrogens (tertiary/aromatic N) is 1. The van der Waals surface area contributed by atoms with Crippen molar-refractivity contribution >= 4 is 12.1 Å². The number of nitrogens with one attached hydrogen (secondary N) is 1. The predicted octanol–water partition coefficient (Wildman–Crippen LogP) is 4.15. The quantitative estimate of drug-likeness (QED) is 0.397. The maximum absolute atomic E-state index is 11.9. The third kappa shape index (κ3) is 6.89. The molecule has 1 N–H and O–H groups in total. The van der Waals surface area contributed by atoms with Crippen molar-refractivity contribution in [2.24, 2.45) is 5.10 Å². The van der Waals surface area contributed by atoms with Crippen molar-refractivity contribution in [3.8, 4) is 17.2 Å². The molecule has 160 valence electrons. The topological polar surface area (TPSA) is 69.2 Å². The lowest BCUT2D eigenvalue weighted by molar-refractivity contribution is -0.123. The Morgan fingerprint density at radius 3 is 2.48 bits per heavy atom. The molecule has 3 aromatic carbocycles. The molecule has 0 heterocycles. The summed E-state index contributed by atoms with van der Waals surface area (Å²) in [5.41, 5.74) is 5.41. The highest BCUT2D eigenvalue weighted by Crippen LogP contribution is 2.27. The lowest BCUT2D eigenvalue weighted by atomic mass is 10.2. The monoisotopic (exact) mass is 418 g/mol. The van der Waals surface area contributed by atoms with Gasteiger partial charge in [-0.3, -0.25) is 4.79 Å². The van der Waals surface area contributed by atoms with E-state index in [1.165, 1.54) is 5.56 Å². The Morgan fingerprint density at radius 2 is 1.71 bits per heavy atom. The Kier molecular flexibility index (Phi) is 8.05. The first-order valence-electron chi connectivity index (χ1n) is 10.0. The molecule has 3 rings (SSSR count). The molecule has 0 aliphatic rings. The minimum Gasteiger partial charge on any atom is -0.493 e. The van der Waals surface area contributed by atoms with E-state index in [0.717, 1.165) is 17.5 Å². The third-order valence-electron chi connectivity index (χ3n) is 4.53. The van der Waals surface area contributed by atoms with Gasteiger partial charge in [0.25, 0.3) is 5.91 Å². The number of rotatable bonds is 10. The molecule has 6 heteroatoms. The largest absolute Gasteiger partial charge is 0.493 e. The van der Waals surface area contributed by atoms with Crippen LogP contribution in [0.3, 0.4) is 0 Å². The maximum atomic E-state index is 11.9. The van der Waals surface area contributed by atoms with Gasteiger partial charge in [0, 0.05) is 6.42 Å². The molecule has 0 aliphatic heterocycles. The molecule has 0 saturated carbocycles. The van der Waals surface area contributed by atoms with E-state index in [1.54, 1.807) is 19.4 Å². The molecule has 0 bridgehead atoms. The number of ether oxygens (including phenoxy) is 3. The number of amides is 1. The number of hydrogen-bond acceptors (Lipinski definition) is 5. The van der Waals surface area contributed by atoms with Crippen LogP contribution in [0.4, 0.5) is 0 Å². The summed E-state index contributed by atoms with van der Waals surface area (Å²) in [4.78, 5) is 11.9. The molecule has 0 saturated heterocycles. The fourth-order valence-electron chi connectivity index (χ4n) is 2.88. The van der Waals surface area contributed by atoms with Crippen molar-refractivity contribution < 1.29 is 19.0 Å². The fraction of sp³-hybridized carbons (Fsp3) is 0.200. The Bertz CT molecular complexity index is 1020. The average Bonchev–Trinajstić information content (AvgIpc) is 2.80. The highest BCUT2D eigenvalue weighted by molar-refractivity contribution is 5.83. The van der Waals surface area contributed by atoms with Crippen LogP contribution in [0.1, 0.15) is 16.7 Å². The first kappa shape index (κ1) is 21.9. The minimum absolute atomic E-state index is 0.111. The van der Waals surface area contributed by atoms with Crippen LogP contribution < -0.4 is 19.6 Å². The van der Waals surface area contributed by atoms with E-state index >= 15 is 0 Å². The van der Waals surface area contributed by atoms with Crippen molar-refractivity contribution in [3.05, 3.63) is 89.5 Å². The molecule has 0 fully saturated rings. The number of aryl methyl sites for hydroxylation is 1. The van der Waals surface area contributed by atoms with Gasteiger partial charge in [0.1, 0.15) is 5.75 Å². The fourth-order valence-corrected chi connectivity index (χ4v) is 2.88. The van der Waals surface area contributed by atoms with Crippen LogP contribution in [0.5, 0.6) is 17.2 Å². The van der Waals surface area contributed by atoms with E-state index in [9.17, 15) is 4.79 Å². The summed E-state index contributed by atoms with van der Waals surface area (Å²) in [6.07, 6.45) is 2.35. The zero-order valence-corrected chi connectivity index (χ0v) is 17.7. The summed E-state index contributed by atoms with van der Waals surface area (Å²) in [7, 11) is 1.59. The summed E-state index contributed by atoms with van der Waals surface area (Å²) in [6, 6.07) is 23.2. The zero-order chi connectivity index (χ0) is 21.9. The van der Waals surface area contributed by atoms with Gasteiger partial charge < -0.3 is 14.2 Å². The molecule has 0 aliphatic carbocycles. The first-order chi connectivity index (χ1) is 15.2. The smallest absolute Gasteiger partial charge is 0.277 e. The average molecular weight is 418 g/mol. The zero-order valence-electron chi connectivity index (χ0n) is 17.7. The molecule has 0 aromatic heterocycles. The van der Waals surface area contributed by atoms with Crippen molar-refractivity contribution in [2.45, 2.75) is 13.3 Å². The summed E-state index contributed by atoms with van der Waals surface area (Å²) in [6.45, 7) is 2.36. The number of carbonyl (C=O) groups is 1. The molecular weight excluding hydrogens is 392 g/mol. The van der Waals surface area contributed by atoms with Crippen molar-refractivity contribution in [3.63, 3.8) is 0 Å². The van der Waals surface area contributed by atoms with Gasteiger partial charge in [0.2, 0.25) is 0 Å². The van der Waals surface area contributed by atoms with Gasteiger partial charge in [-0.1, -0.05) is 48.5 Å². The lowest BCUT2D eigenvalue weighted by Crippen LogP contribution is -2.24. The Labute approximate surface area is 182 Å². The number of methoxy groups -OCH3 is 1. The van der Waals surface area contributed by atoms with Crippen LogP contribution in [0.25, 0.3) is 0 Å². The standard InChI is InChI=1S/C25H26N2O4/c1-19-8-6-7-11-22(19)31-18-25(28)27-26-17-21-12-13-23(24(16-21)29-2)30-15-14-20-9-4-3-5-10-20/h3-13,16-17H,14-15,18H2,1-2H3,(H,27,28)/b26-17+. The minimum atomic E-state index is -0.340. The van der Waals surface area contributed by atoms with Crippen LogP contribution in [0, 0.1) is 6.92 Å². The molecule has 0 atom stereocenters. The maximum Gasteiger partial charge on any atom is 0.277 e. The SMILES string of the molecule is COc1cc(/C=N/NC(=O)COc2ccccc2C)ccc1OCCc1ccccc1. The van der Waals surface area contributed by atoms with E-state index in [0.29, 0.717) is 23.9 Å². The van der Waals surface area contributed by atoms with Crippen molar-refractivity contribution in [1.82, 2.24) is 5.43 Å². The normalized spacial score (nSPS) is 10.6. The van der Waals surface area contributed by atoms with Crippen molar-refractivity contribution in [2.75, 3.05) is 20.3 Å². The number of para-hydroxylation sites is 1. The molecule has 0 unspecified atom stereocenters. The van der Waals surface area contributed by atoms with Crippen LogP contribution in [-0.4, -0.2) is 32.4 Å². The molecule has 6 nitrogen and oxygen atoms in total. The van der Waals surface area contributed by atoms with Gasteiger partial charge in [-0.05, 0) is 47.9 Å². The van der Waals surface area contributed by atoms with Crippen LogP contribution in [0.15, 0.2) is 77.9 Å². The number of hydrogen-bond donors (Lipinski definition) is 1. The van der Waals surface area contributed by atoms with Crippen LogP contribution in [-0.2, 0) is 11.2 Å². The summed E-state index contributed by atoms with van der Waals surface area (Å²) >= 11 is 0. The summed E-state index contributed by atoms with van der Waals surface area (Å²) in [5, 5.41) is 3.98. The van der Waals surface area contributed by atoms with E-state index < -0.39 is 0 Å². The van der Waals surface area contributed by atoms with Gasteiger partial charge in [-0.25, -0.2) is 5.43 Å². The van der Waals surface area contributed by atoms with Crippen LogP contribution in [0.2, 0.25) is 0 Å². The van der Waals surface area contributed by atoms with E-state index in [-0.39, 0.29) is 12.5 Å². The van der Waals surface area contributed by atoms with Gasteiger partial charge in [-0.15, -0.1) is 0 Å². The van der Waals surface area contributed by atoms with Crippen LogP contribution >= 0.6 is 0 Å². The molecular formula is C25H26N2O4. The summed E-state index contributed by atoms with van der Waals surface area (Å²) in [5.74, 6) is 1.60. The second kappa shape index (κ2) is 11.4. The van der Waals surface area contributed by atoms with E-state index in [4.69, 9.17) is 14.2 Å². The highest BCUT2D eigenvalue weighted by Gasteiger charge is 2.06. The Hall–Kier alpha value is -3.80. The molecule has 3 aromatic rings. The number of benzene rings is 3. The molecule has 0 spiro atoms. The second-order valence-corrected chi connectivity index (χ2v) is 6.84. The number of hydrazone groups is 1. The third-order valence-corrected chi connectivity index (χ3v) is 4.53. The van der Waals surface area contributed by atoms with Gasteiger partial charge in [0.15, 0.2) is 18.1 Å². The first-order valence-corrected chi connectivity index (χ1v) is 10.0. The van der Waals surface area contributed by atoms with Gasteiger partial charge in [0.05, 0.1) is 19.9 Å². The summed E-state index contributed by atoms with van der Waals surface area (Å²) < 4.78 is 16.8. The lowest BCUT2D eigenvalue weighted by Gasteiger charge is -2.11. The molecule has 0 radical (unpaired) electrons. The Balaban J connectivity index is 1.48. The predicted molar refractivity (Wildman–Crippen MR) is 121 cm³/mol. The van der Waals surface area contributed by atoms with E-state index in [1.807, 2.05) is 61.5 Å². The van der Waals surface area contributed by atoms with E-state index in [2.05, 4.69) is 22.7 Å². The van der Waals surface area contributed by atoms with Gasteiger partial charge in [-0.2, -0.15) is 5.10 Å². The highest BCUT2D eigenvalue weighted by atomic mass is 16.5. The number of carbonyl (C=O) groups excluding carboxylic acids is 1. The van der Waals surface area contributed by atoms with Gasteiger partial charge >= 0.3 is 0 Å².